The molecule has 0 saturated carbocycles. The zero-order valence-electron chi connectivity index (χ0n) is 14.4. The second-order valence-corrected chi connectivity index (χ2v) is 5.65. The minimum absolute atomic E-state index is 0. The SMILES string of the molecule is COc1ccc(Cc2c3cc(O)c(=O)cc-3ccn2C)cc1OC.O. The molecule has 0 saturated heterocycles. The van der Waals surface area contributed by atoms with Crippen molar-refractivity contribution < 1.29 is 20.1 Å². The van der Waals surface area contributed by atoms with E-state index in [9.17, 15) is 9.90 Å². The van der Waals surface area contributed by atoms with Crippen molar-refractivity contribution >= 4 is 0 Å². The van der Waals surface area contributed by atoms with Crippen LogP contribution in [0.1, 0.15) is 11.3 Å². The van der Waals surface area contributed by atoms with E-state index in [0.29, 0.717) is 17.9 Å². The maximum atomic E-state index is 11.7. The second kappa shape index (κ2) is 7.27. The van der Waals surface area contributed by atoms with Crippen LogP contribution >= 0.6 is 0 Å². The second-order valence-electron chi connectivity index (χ2n) is 5.65. The lowest BCUT2D eigenvalue weighted by atomic mass is 9.97. The van der Waals surface area contributed by atoms with Gasteiger partial charge >= 0.3 is 0 Å². The van der Waals surface area contributed by atoms with Crippen LogP contribution in [-0.4, -0.2) is 29.4 Å². The Hall–Kier alpha value is -2.99. The van der Waals surface area contributed by atoms with Crippen LogP contribution in [0.5, 0.6) is 17.2 Å². The fourth-order valence-corrected chi connectivity index (χ4v) is 2.85. The van der Waals surface area contributed by atoms with E-state index in [0.717, 1.165) is 22.4 Å². The smallest absolute Gasteiger partial charge is 0.220 e. The van der Waals surface area contributed by atoms with Crippen LogP contribution in [0.25, 0.3) is 11.1 Å². The molecular formula is C19H21NO5. The van der Waals surface area contributed by atoms with E-state index in [1.807, 2.05) is 42.1 Å². The number of ether oxygens (including phenoxy) is 2. The molecule has 1 aromatic carbocycles. The first-order valence-corrected chi connectivity index (χ1v) is 7.55. The maximum Gasteiger partial charge on any atom is 0.220 e. The van der Waals surface area contributed by atoms with Crippen LogP contribution in [0.15, 0.2) is 47.4 Å². The van der Waals surface area contributed by atoms with Crippen molar-refractivity contribution in [2.75, 3.05) is 14.2 Å². The summed E-state index contributed by atoms with van der Waals surface area (Å²) in [5.74, 6) is 1.11. The molecule has 0 atom stereocenters. The molecule has 0 amide bonds. The summed E-state index contributed by atoms with van der Waals surface area (Å²) < 4.78 is 12.6. The van der Waals surface area contributed by atoms with E-state index >= 15 is 0 Å². The number of hydrogen-bond acceptors (Lipinski definition) is 4. The lowest BCUT2D eigenvalue weighted by Crippen LogP contribution is -2.08. The van der Waals surface area contributed by atoms with Gasteiger partial charge in [-0.05, 0) is 41.5 Å². The number of pyridine rings is 1. The Morgan fingerprint density at radius 1 is 1.04 bits per heavy atom. The van der Waals surface area contributed by atoms with Crippen LogP contribution < -0.4 is 14.9 Å². The minimum Gasteiger partial charge on any atom is -0.504 e. The molecule has 3 N–H and O–H groups in total. The molecule has 0 fully saturated rings. The standard InChI is InChI=1S/C19H19NO4.H2O/c1-20-7-6-13-10-16(21)17(22)11-14(13)15(20)8-12-4-5-18(23-2)19(9-12)24-3;/h4-7,9-11,22H,8H2,1-3H3;1H2. The van der Waals surface area contributed by atoms with Crippen molar-refractivity contribution in [3.8, 4) is 28.4 Å². The van der Waals surface area contributed by atoms with E-state index in [2.05, 4.69) is 0 Å². The molecule has 25 heavy (non-hydrogen) atoms. The fourth-order valence-electron chi connectivity index (χ4n) is 2.85. The van der Waals surface area contributed by atoms with Crippen LogP contribution in [0.3, 0.4) is 0 Å². The molecule has 0 spiro atoms. The Bertz CT molecular complexity index is 916. The van der Waals surface area contributed by atoms with Crippen molar-refractivity contribution in [2.24, 2.45) is 7.05 Å². The highest BCUT2D eigenvalue weighted by Crippen LogP contribution is 2.31. The number of nitrogens with zero attached hydrogens (tertiary/aromatic N) is 1. The predicted octanol–water partition coefficient (Wildman–Crippen LogP) is 1.98. The molecule has 0 aromatic heterocycles. The number of aryl methyl sites for hydroxylation is 1. The zero-order chi connectivity index (χ0) is 17.3. The van der Waals surface area contributed by atoms with Gasteiger partial charge in [-0.25, -0.2) is 0 Å². The first-order chi connectivity index (χ1) is 11.5. The number of rotatable bonds is 4. The van der Waals surface area contributed by atoms with Gasteiger partial charge in [0.1, 0.15) is 0 Å². The van der Waals surface area contributed by atoms with Gasteiger partial charge in [-0.2, -0.15) is 0 Å². The van der Waals surface area contributed by atoms with E-state index in [4.69, 9.17) is 9.47 Å². The van der Waals surface area contributed by atoms with Crippen molar-refractivity contribution in [3.63, 3.8) is 0 Å². The van der Waals surface area contributed by atoms with Crippen molar-refractivity contribution in [3.05, 3.63) is 64.1 Å². The lowest BCUT2D eigenvalue weighted by Gasteiger charge is -2.17. The maximum absolute atomic E-state index is 11.7. The first-order valence-electron chi connectivity index (χ1n) is 7.55. The van der Waals surface area contributed by atoms with E-state index < -0.39 is 0 Å². The number of methoxy groups -OCH3 is 2. The van der Waals surface area contributed by atoms with Gasteiger partial charge < -0.3 is 24.6 Å². The third kappa shape index (κ3) is 3.44. The highest BCUT2D eigenvalue weighted by Gasteiger charge is 2.14. The monoisotopic (exact) mass is 343 g/mol. The summed E-state index contributed by atoms with van der Waals surface area (Å²) in [5, 5.41) is 9.79. The van der Waals surface area contributed by atoms with Crippen molar-refractivity contribution in [2.45, 2.75) is 6.42 Å². The number of aromatic nitrogens is 1. The van der Waals surface area contributed by atoms with Crippen molar-refractivity contribution in [1.82, 2.24) is 4.57 Å². The number of fused-ring (bicyclic) bond motifs is 1. The Balaban J connectivity index is 0.00000225. The number of phenols is 1. The number of hydrogen-bond donors (Lipinski definition) is 1. The van der Waals surface area contributed by atoms with E-state index in [1.54, 1.807) is 14.2 Å². The van der Waals surface area contributed by atoms with Gasteiger partial charge in [-0.15, -0.1) is 0 Å². The molecule has 1 aliphatic carbocycles. The third-order valence-corrected chi connectivity index (χ3v) is 4.16. The van der Waals surface area contributed by atoms with Crippen molar-refractivity contribution in [1.29, 1.82) is 0 Å². The average molecular weight is 343 g/mol. The highest BCUT2D eigenvalue weighted by atomic mass is 16.5. The molecule has 3 rings (SSSR count). The summed E-state index contributed by atoms with van der Waals surface area (Å²) in [6, 6.07) is 10.6. The van der Waals surface area contributed by atoms with Gasteiger partial charge in [0.05, 0.1) is 14.2 Å². The van der Waals surface area contributed by atoms with Gasteiger partial charge in [-0.3, -0.25) is 4.79 Å². The summed E-state index contributed by atoms with van der Waals surface area (Å²) in [6.45, 7) is 0. The van der Waals surface area contributed by atoms with E-state index in [1.165, 1.54) is 12.1 Å². The Morgan fingerprint density at radius 2 is 1.76 bits per heavy atom. The number of benzene rings is 2. The average Bonchev–Trinajstić information content (AvgIpc) is 2.59. The summed E-state index contributed by atoms with van der Waals surface area (Å²) in [7, 11) is 5.15. The summed E-state index contributed by atoms with van der Waals surface area (Å²) in [6.07, 6.45) is 2.54. The molecule has 1 aromatic rings. The topological polar surface area (TPSA) is 92.2 Å². The molecule has 6 heteroatoms. The molecule has 1 aliphatic heterocycles. The molecule has 2 aliphatic rings. The van der Waals surface area contributed by atoms with Gasteiger partial charge in [0.2, 0.25) is 5.43 Å². The summed E-state index contributed by atoms with van der Waals surface area (Å²) in [4.78, 5) is 11.7. The van der Waals surface area contributed by atoms with Crippen LogP contribution in [0, 0.1) is 0 Å². The largest absolute Gasteiger partial charge is 0.504 e. The Kier molecular flexibility index (Phi) is 5.34. The molecule has 1 heterocycles. The number of aromatic hydroxyl groups is 1. The molecule has 132 valence electrons. The van der Waals surface area contributed by atoms with Crippen LogP contribution in [-0.2, 0) is 13.5 Å². The molecular weight excluding hydrogens is 322 g/mol. The minimum atomic E-state index is -0.367. The van der Waals surface area contributed by atoms with Gasteiger partial charge in [0.15, 0.2) is 17.2 Å². The summed E-state index contributed by atoms with van der Waals surface area (Å²) in [5.41, 5.74) is 3.34. The van der Waals surface area contributed by atoms with Gasteiger partial charge in [0, 0.05) is 30.9 Å². The van der Waals surface area contributed by atoms with E-state index in [-0.39, 0.29) is 16.7 Å². The first kappa shape index (κ1) is 18.4. The summed E-state index contributed by atoms with van der Waals surface area (Å²) >= 11 is 0. The fraction of sp³-hybridized carbons (Fsp3) is 0.211. The normalized spacial score (nSPS) is 10.4. The highest BCUT2D eigenvalue weighted by molar-refractivity contribution is 5.69. The molecule has 0 unspecified atom stereocenters. The van der Waals surface area contributed by atoms with Gasteiger partial charge in [0.25, 0.3) is 0 Å². The predicted molar refractivity (Wildman–Crippen MR) is 95.9 cm³/mol. The molecule has 0 radical (unpaired) electrons. The lowest BCUT2D eigenvalue weighted by molar-refractivity contribution is 0.354. The quantitative estimate of drug-likeness (QED) is 0.784. The molecule has 0 bridgehead atoms. The van der Waals surface area contributed by atoms with Crippen LogP contribution in [0.2, 0.25) is 0 Å². The van der Waals surface area contributed by atoms with Gasteiger partial charge in [-0.1, -0.05) is 6.07 Å². The number of phenolic OH excluding ortho intramolecular Hbond substituents is 1. The zero-order valence-corrected chi connectivity index (χ0v) is 14.4. The molecule has 6 nitrogen and oxygen atoms in total. The Morgan fingerprint density at radius 3 is 2.44 bits per heavy atom. The van der Waals surface area contributed by atoms with Crippen LogP contribution in [0.4, 0.5) is 0 Å². The Labute approximate surface area is 145 Å². The third-order valence-electron chi connectivity index (χ3n) is 4.16.